The van der Waals surface area contributed by atoms with Crippen molar-refractivity contribution in [3.63, 3.8) is 0 Å². The molecular formula is C14H15N5O2. The molecule has 0 bridgehead atoms. The minimum absolute atomic E-state index is 0.00273. The fourth-order valence-electron chi connectivity index (χ4n) is 2.70. The molecule has 3 N–H and O–H groups in total. The second-order valence-electron chi connectivity index (χ2n) is 5.01. The van der Waals surface area contributed by atoms with Gasteiger partial charge in [-0.1, -0.05) is 24.3 Å². The molecule has 2 aromatic rings. The van der Waals surface area contributed by atoms with E-state index in [1.165, 1.54) is 5.56 Å². The number of nitrogen functional groups attached to an aromatic ring is 1. The van der Waals surface area contributed by atoms with Gasteiger partial charge in [0.05, 0.1) is 11.0 Å². The Balaban J connectivity index is 1.95. The van der Waals surface area contributed by atoms with E-state index in [4.69, 9.17) is 5.73 Å². The average molecular weight is 285 g/mol. The zero-order chi connectivity index (χ0) is 14.8. The third kappa shape index (κ3) is 2.62. The van der Waals surface area contributed by atoms with Gasteiger partial charge in [-0.3, -0.25) is 10.1 Å². The van der Waals surface area contributed by atoms with Crippen molar-refractivity contribution in [1.82, 2.24) is 9.97 Å². The Hall–Kier alpha value is -2.70. The van der Waals surface area contributed by atoms with E-state index in [9.17, 15) is 10.1 Å². The fraction of sp³-hybridized carbons (Fsp3) is 0.286. The summed E-state index contributed by atoms with van der Waals surface area (Å²) in [5.74, 6) is 0.196. The highest BCUT2D eigenvalue weighted by atomic mass is 16.6. The van der Waals surface area contributed by atoms with Crippen LogP contribution in [-0.2, 0) is 6.42 Å². The first-order chi connectivity index (χ1) is 10.1. The highest BCUT2D eigenvalue weighted by Crippen LogP contribution is 2.34. The third-order valence-electron chi connectivity index (χ3n) is 3.67. The highest BCUT2D eigenvalue weighted by Gasteiger charge is 2.24. The summed E-state index contributed by atoms with van der Waals surface area (Å²) in [5.41, 5.74) is 7.81. The molecule has 0 fully saturated rings. The standard InChI is InChI=1S/C14H15N5O2/c15-14-16-8-12(19(20)21)13(18-14)17-11-7-3-5-9-4-1-2-6-10(9)11/h1-2,4,6,8,11H,3,5,7H2,(H3,15,16,17,18). The van der Waals surface area contributed by atoms with Crippen molar-refractivity contribution in [3.8, 4) is 0 Å². The van der Waals surface area contributed by atoms with Crippen molar-refractivity contribution in [2.45, 2.75) is 25.3 Å². The largest absolute Gasteiger partial charge is 0.368 e. The van der Waals surface area contributed by atoms with Crippen LogP contribution in [0.25, 0.3) is 0 Å². The van der Waals surface area contributed by atoms with Gasteiger partial charge in [0, 0.05) is 0 Å². The van der Waals surface area contributed by atoms with Crippen LogP contribution in [0.1, 0.15) is 30.0 Å². The topological polar surface area (TPSA) is 107 Å². The number of hydrogen-bond donors (Lipinski definition) is 2. The van der Waals surface area contributed by atoms with Gasteiger partial charge >= 0.3 is 5.69 Å². The third-order valence-corrected chi connectivity index (χ3v) is 3.67. The van der Waals surface area contributed by atoms with Crippen molar-refractivity contribution < 1.29 is 4.92 Å². The molecule has 1 unspecified atom stereocenters. The second-order valence-corrected chi connectivity index (χ2v) is 5.01. The number of fused-ring (bicyclic) bond motifs is 1. The zero-order valence-corrected chi connectivity index (χ0v) is 11.3. The Bertz CT molecular complexity index is 689. The molecule has 21 heavy (non-hydrogen) atoms. The van der Waals surface area contributed by atoms with E-state index in [1.807, 2.05) is 18.2 Å². The van der Waals surface area contributed by atoms with Crippen molar-refractivity contribution in [3.05, 3.63) is 51.7 Å². The number of nitrogens with two attached hydrogens (primary N) is 1. The molecule has 0 saturated carbocycles. The lowest BCUT2D eigenvalue weighted by atomic mass is 9.88. The molecule has 7 heteroatoms. The SMILES string of the molecule is Nc1ncc([N+](=O)[O-])c(NC2CCCc3ccccc32)n1. The van der Waals surface area contributed by atoms with Gasteiger partial charge < -0.3 is 11.1 Å². The van der Waals surface area contributed by atoms with Crippen LogP contribution in [-0.4, -0.2) is 14.9 Å². The predicted molar refractivity (Wildman–Crippen MR) is 78.8 cm³/mol. The van der Waals surface area contributed by atoms with E-state index in [0.717, 1.165) is 31.0 Å². The van der Waals surface area contributed by atoms with E-state index in [1.54, 1.807) is 0 Å². The van der Waals surface area contributed by atoms with Gasteiger partial charge in [0.25, 0.3) is 0 Å². The molecule has 1 atom stereocenters. The number of anilines is 2. The van der Waals surface area contributed by atoms with Crippen LogP contribution in [0.2, 0.25) is 0 Å². The number of aromatic nitrogens is 2. The van der Waals surface area contributed by atoms with Crippen molar-refractivity contribution >= 4 is 17.5 Å². The number of aryl methyl sites for hydroxylation is 1. The summed E-state index contributed by atoms with van der Waals surface area (Å²) in [4.78, 5) is 18.2. The molecule has 3 rings (SSSR count). The van der Waals surface area contributed by atoms with Gasteiger partial charge in [-0.2, -0.15) is 4.98 Å². The normalized spacial score (nSPS) is 17.0. The molecule has 1 aliphatic carbocycles. The highest BCUT2D eigenvalue weighted by molar-refractivity contribution is 5.58. The molecule has 0 spiro atoms. The van der Waals surface area contributed by atoms with Crippen molar-refractivity contribution in [1.29, 1.82) is 0 Å². The Morgan fingerprint density at radius 3 is 3.00 bits per heavy atom. The number of nitro groups is 1. The molecule has 1 aromatic heterocycles. The van der Waals surface area contributed by atoms with Gasteiger partial charge in [-0.25, -0.2) is 4.98 Å². The molecule has 1 aliphatic rings. The van der Waals surface area contributed by atoms with Gasteiger partial charge in [0.15, 0.2) is 0 Å². The minimum atomic E-state index is -0.503. The Kier molecular flexibility index (Phi) is 3.39. The number of nitrogens with zero attached hydrogens (tertiary/aromatic N) is 3. The number of benzene rings is 1. The summed E-state index contributed by atoms with van der Waals surface area (Å²) in [7, 11) is 0. The molecule has 0 saturated heterocycles. The number of rotatable bonds is 3. The summed E-state index contributed by atoms with van der Waals surface area (Å²) < 4.78 is 0. The average Bonchev–Trinajstić information content (AvgIpc) is 2.47. The van der Waals surface area contributed by atoms with E-state index in [-0.39, 0.29) is 23.5 Å². The lowest BCUT2D eigenvalue weighted by Crippen LogP contribution is -2.19. The number of hydrogen-bond acceptors (Lipinski definition) is 6. The van der Waals surface area contributed by atoms with Crippen LogP contribution in [0.15, 0.2) is 30.5 Å². The molecular weight excluding hydrogens is 270 g/mol. The summed E-state index contributed by atoms with van der Waals surface area (Å²) in [5, 5.41) is 14.2. The Labute approximate surface area is 121 Å². The first-order valence-corrected chi connectivity index (χ1v) is 6.76. The van der Waals surface area contributed by atoms with Crippen LogP contribution in [0.5, 0.6) is 0 Å². The molecule has 7 nitrogen and oxygen atoms in total. The van der Waals surface area contributed by atoms with Gasteiger partial charge in [0.2, 0.25) is 11.8 Å². The smallest absolute Gasteiger partial charge is 0.329 e. The summed E-state index contributed by atoms with van der Waals surface area (Å²) in [6.45, 7) is 0. The quantitative estimate of drug-likeness (QED) is 0.662. The molecule has 108 valence electrons. The van der Waals surface area contributed by atoms with Crippen LogP contribution in [0.4, 0.5) is 17.5 Å². The molecule has 0 amide bonds. The van der Waals surface area contributed by atoms with Crippen LogP contribution < -0.4 is 11.1 Å². The number of nitrogens with one attached hydrogen (secondary N) is 1. The first-order valence-electron chi connectivity index (χ1n) is 6.76. The lowest BCUT2D eigenvalue weighted by Gasteiger charge is -2.26. The molecule has 0 radical (unpaired) electrons. The van der Waals surface area contributed by atoms with Crippen LogP contribution in [0.3, 0.4) is 0 Å². The van der Waals surface area contributed by atoms with Gasteiger partial charge in [-0.15, -0.1) is 0 Å². The van der Waals surface area contributed by atoms with E-state index >= 15 is 0 Å². The Morgan fingerprint density at radius 1 is 1.38 bits per heavy atom. The summed E-state index contributed by atoms with van der Waals surface area (Å²) >= 11 is 0. The molecule has 1 heterocycles. The van der Waals surface area contributed by atoms with E-state index in [2.05, 4.69) is 21.4 Å². The van der Waals surface area contributed by atoms with Crippen molar-refractivity contribution in [2.24, 2.45) is 0 Å². The fourth-order valence-corrected chi connectivity index (χ4v) is 2.70. The van der Waals surface area contributed by atoms with Crippen LogP contribution in [0, 0.1) is 10.1 Å². The van der Waals surface area contributed by atoms with E-state index < -0.39 is 4.92 Å². The monoisotopic (exact) mass is 285 g/mol. The maximum atomic E-state index is 11.1. The summed E-state index contributed by atoms with van der Waals surface area (Å²) in [6.07, 6.45) is 4.10. The van der Waals surface area contributed by atoms with E-state index in [0.29, 0.717) is 0 Å². The molecule has 1 aromatic carbocycles. The zero-order valence-electron chi connectivity index (χ0n) is 11.3. The lowest BCUT2D eigenvalue weighted by molar-refractivity contribution is -0.384. The second kappa shape index (κ2) is 5.35. The molecule has 0 aliphatic heterocycles. The minimum Gasteiger partial charge on any atom is -0.368 e. The summed E-state index contributed by atoms with van der Waals surface area (Å²) in [6, 6.07) is 8.12. The first kappa shape index (κ1) is 13.3. The maximum Gasteiger partial charge on any atom is 0.329 e. The van der Waals surface area contributed by atoms with Crippen molar-refractivity contribution in [2.75, 3.05) is 11.1 Å². The predicted octanol–water partition coefficient (Wildman–Crippen LogP) is 2.46. The Morgan fingerprint density at radius 2 is 2.19 bits per heavy atom. The van der Waals surface area contributed by atoms with Gasteiger partial charge in [-0.05, 0) is 30.4 Å². The van der Waals surface area contributed by atoms with Crippen LogP contribution >= 0.6 is 0 Å². The maximum absolute atomic E-state index is 11.1. The van der Waals surface area contributed by atoms with Gasteiger partial charge in [0.1, 0.15) is 6.20 Å².